The number of amides is 1. The maximum atomic E-state index is 12.6. The number of carbonyl (C=O) groups is 1. The summed E-state index contributed by atoms with van der Waals surface area (Å²) in [7, 11) is 0. The highest BCUT2D eigenvalue weighted by atomic mass is 16.1. The molecule has 28 heavy (non-hydrogen) atoms. The summed E-state index contributed by atoms with van der Waals surface area (Å²) in [4.78, 5) is 16.9. The van der Waals surface area contributed by atoms with Crippen molar-refractivity contribution in [1.82, 2.24) is 24.5 Å². The Bertz CT molecular complexity index is 1150. The lowest BCUT2D eigenvalue weighted by Crippen LogP contribution is -2.26. The van der Waals surface area contributed by atoms with Gasteiger partial charge in [-0.1, -0.05) is 24.3 Å². The molecule has 7 nitrogen and oxygen atoms in total. The molecular weight excluding hydrogens is 352 g/mol. The highest BCUT2D eigenvalue weighted by molar-refractivity contribution is 5.95. The number of nitrogens with one attached hydrogen (secondary N) is 1. The minimum atomic E-state index is -0.135. The van der Waals surface area contributed by atoms with Crippen molar-refractivity contribution < 1.29 is 4.79 Å². The van der Waals surface area contributed by atoms with E-state index in [-0.39, 0.29) is 11.8 Å². The van der Waals surface area contributed by atoms with Gasteiger partial charge in [0.2, 0.25) is 5.91 Å². The van der Waals surface area contributed by atoms with E-state index in [1.165, 1.54) is 0 Å². The fourth-order valence-electron chi connectivity index (χ4n) is 3.81. The Morgan fingerprint density at radius 2 is 1.82 bits per heavy atom. The summed E-state index contributed by atoms with van der Waals surface area (Å²) in [6.45, 7) is 1.96. The van der Waals surface area contributed by atoms with Crippen molar-refractivity contribution in [2.75, 3.05) is 5.32 Å². The normalized spacial score (nSPS) is 15.9. The SMILES string of the molecule is Cc1nn(-c2ccccn2)c2c1[C@@H](c1ccnn1-c1ccccc1)CC(=O)N2. The first-order valence-corrected chi connectivity index (χ1v) is 9.12. The molecule has 7 heteroatoms. The van der Waals surface area contributed by atoms with E-state index in [0.717, 1.165) is 22.6 Å². The quantitative estimate of drug-likeness (QED) is 0.601. The minimum Gasteiger partial charge on any atom is -0.310 e. The van der Waals surface area contributed by atoms with Gasteiger partial charge in [0.25, 0.3) is 0 Å². The second-order valence-corrected chi connectivity index (χ2v) is 6.76. The van der Waals surface area contributed by atoms with Gasteiger partial charge >= 0.3 is 0 Å². The van der Waals surface area contributed by atoms with Crippen LogP contribution in [-0.4, -0.2) is 30.5 Å². The standard InChI is InChI=1S/C21H18N6O/c1-14-20-16(17-10-12-23-26(17)15-7-3-2-4-8-15)13-19(28)24-21(20)27(25-14)18-9-5-6-11-22-18/h2-12,16H,13H2,1H3,(H,24,28)/t16-/m1/s1. The highest BCUT2D eigenvalue weighted by Gasteiger charge is 2.34. The van der Waals surface area contributed by atoms with Crippen molar-refractivity contribution in [3.8, 4) is 11.5 Å². The minimum absolute atomic E-state index is 0.0459. The highest BCUT2D eigenvalue weighted by Crippen LogP contribution is 2.40. The van der Waals surface area contributed by atoms with E-state index in [2.05, 4.69) is 20.5 Å². The van der Waals surface area contributed by atoms with Gasteiger partial charge in [-0.15, -0.1) is 0 Å². The number of rotatable bonds is 3. The second-order valence-electron chi connectivity index (χ2n) is 6.76. The number of benzene rings is 1. The molecule has 4 heterocycles. The zero-order valence-electron chi connectivity index (χ0n) is 15.3. The number of nitrogens with zero attached hydrogens (tertiary/aromatic N) is 5. The average Bonchev–Trinajstić information content (AvgIpc) is 3.34. The zero-order chi connectivity index (χ0) is 19.1. The maximum absolute atomic E-state index is 12.6. The predicted octanol–water partition coefficient (Wildman–Crippen LogP) is 3.24. The molecule has 0 bridgehead atoms. The summed E-state index contributed by atoms with van der Waals surface area (Å²) in [6, 6.07) is 17.5. The van der Waals surface area contributed by atoms with Crippen LogP contribution in [0.3, 0.4) is 0 Å². The van der Waals surface area contributed by atoms with E-state index in [0.29, 0.717) is 18.1 Å². The monoisotopic (exact) mass is 370 g/mol. The summed E-state index contributed by atoms with van der Waals surface area (Å²) in [5, 5.41) is 12.2. The van der Waals surface area contributed by atoms with Crippen LogP contribution in [0, 0.1) is 6.92 Å². The van der Waals surface area contributed by atoms with Gasteiger partial charge in [-0.3, -0.25) is 4.79 Å². The smallest absolute Gasteiger partial charge is 0.226 e. The number of para-hydroxylation sites is 1. The third-order valence-electron chi connectivity index (χ3n) is 5.00. The number of hydrogen-bond donors (Lipinski definition) is 1. The van der Waals surface area contributed by atoms with Crippen molar-refractivity contribution in [3.05, 3.63) is 83.9 Å². The van der Waals surface area contributed by atoms with Crippen LogP contribution in [0.2, 0.25) is 0 Å². The van der Waals surface area contributed by atoms with Crippen LogP contribution in [0.5, 0.6) is 0 Å². The molecule has 0 unspecified atom stereocenters. The molecule has 1 aliphatic heterocycles. The van der Waals surface area contributed by atoms with Gasteiger partial charge in [0.05, 0.1) is 17.1 Å². The third-order valence-corrected chi connectivity index (χ3v) is 5.00. The molecule has 0 aliphatic carbocycles. The van der Waals surface area contributed by atoms with E-state index in [1.807, 2.05) is 66.2 Å². The van der Waals surface area contributed by atoms with Crippen LogP contribution in [0.4, 0.5) is 5.82 Å². The largest absolute Gasteiger partial charge is 0.310 e. The summed E-state index contributed by atoms with van der Waals surface area (Å²) >= 11 is 0. The Hall–Kier alpha value is -3.74. The molecule has 5 rings (SSSR count). The first kappa shape index (κ1) is 16.4. The number of hydrogen-bond acceptors (Lipinski definition) is 4. The van der Waals surface area contributed by atoms with Gasteiger partial charge in [0.1, 0.15) is 5.82 Å². The summed E-state index contributed by atoms with van der Waals surface area (Å²) < 4.78 is 3.60. The zero-order valence-corrected chi connectivity index (χ0v) is 15.3. The molecule has 1 aliphatic rings. The molecule has 1 amide bonds. The van der Waals surface area contributed by atoms with Crippen molar-refractivity contribution in [1.29, 1.82) is 0 Å². The Balaban J connectivity index is 1.67. The molecule has 3 aromatic heterocycles. The molecule has 0 saturated heterocycles. The van der Waals surface area contributed by atoms with E-state index in [4.69, 9.17) is 0 Å². The molecule has 4 aromatic rings. The molecule has 0 saturated carbocycles. The lowest BCUT2D eigenvalue weighted by molar-refractivity contribution is -0.116. The molecule has 138 valence electrons. The first-order valence-electron chi connectivity index (χ1n) is 9.12. The van der Waals surface area contributed by atoms with Gasteiger partial charge < -0.3 is 5.32 Å². The lowest BCUT2D eigenvalue weighted by Gasteiger charge is -2.24. The van der Waals surface area contributed by atoms with Gasteiger partial charge in [-0.05, 0) is 37.3 Å². The Kier molecular flexibility index (Phi) is 3.79. The average molecular weight is 370 g/mol. The first-order chi connectivity index (χ1) is 13.7. The fourth-order valence-corrected chi connectivity index (χ4v) is 3.81. The van der Waals surface area contributed by atoms with Gasteiger partial charge in [0.15, 0.2) is 5.82 Å². The van der Waals surface area contributed by atoms with Gasteiger partial charge in [0, 0.05) is 30.3 Å². The lowest BCUT2D eigenvalue weighted by atomic mass is 9.89. The van der Waals surface area contributed by atoms with Crippen molar-refractivity contribution in [3.63, 3.8) is 0 Å². The summed E-state index contributed by atoms with van der Waals surface area (Å²) in [5.41, 5.74) is 3.80. The maximum Gasteiger partial charge on any atom is 0.226 e. The third kappa shape index (κ3) is 2.60. The Morgan fingerprint density at radius 3 is 2.61 bits per heavy atom. The van der Waals surface area contributed by atoms with Crippen molar-refractivity contribution in [2.45, 2.75) is 19.3 Å². The van der Waals surface area contributed by atoms with Crippen LogP contribution in [0.15, 0.2) is 67.0 Å². The Morgan fingerprint density at radius 1 is 1.00 bits per heavy atom. The molecule has 1 aromatic carbocycles. The number of anilines is 1. The van der Waals surface area contributed by atoms with Crippen LogP contribution >= 0.6 is 0 Å². The van der Waals surface area contributed by atoms with E-state index in [9.17, 15) is 4.79 Å². The number of carbonyl (C=O) groups excluding carboxylic acids is 1. The molecule has 0 radical (unpaired) electrons. The van der Waals surface area contributed by atoms with Crippen molar-refractivity contribution >= 4 is 11.7 Å². The molecule has 1 atom stereocenters. The van der Waals surface area contributed by atoms with E-state index in [1.54, 1.807) is 17.1 Å². The Labute approximate surface area is 161 Å². The van der Waals surface area contributed by atoms with E-state index >= 15 is 0 Å². The summed E-state index contributed by atoms with van der Waals surface area (Å²) in [6.07, 6.45) is 3.83. The van der Waals surface area contributed by atoms with Crippen molar-refractivity contribution in [2.24, 2.45) is 0 Å². The van der Waals surface area contributed by atoms with E-state index < -0.39 is 0 Å². The predicted molar refractivity (Wildman–Crippen MR) is 105 cm³/mol. The number of aromatic nitrogens is 5. The number of aryl methyl sites for hydroxylation is 1. The number of pyridine rings is 1. The molecule has 0 spiro atoms. The van der Waals surface area contributed by atoms with Crippen LogP contribution in [-0.2, 0) is 4.79 Å². The van der Waals surface area contributed by atoms with Gasteiger partial charge in [-0.2, -0.15) is 14.9 Å². The number of fused-ring (bicyclic) bond motifs is 1. The summed E-state index contributed by atoms with van der Waals surface area (Å²) in [5.74, 6) is 1.17. The molecular formula is C21H18N6O. The van der Waals surface area contributed by atoms with Crippen LogP contribution in [0.25, 0.3) is 11.5 Å². The van der Waals surface area contributed by atoms with Gasteiger partial charge in [-0.25, -0.2) is 9.67 Å². The van der Waals surface area contributed by atoms with Crippen LogP contribution < -0.4 is 5.32 Å². The molecule has 1 N–H and O–H groups in total. The second kappa shape index (κ2) is 6.45. The molecule has 0 fully saturated rings. The fraction of sp³-hybridized carbons (Fsp3) is 0.143. The van der Waals surface area contributed by atoms with Crippen LogP contribution in [0.1, 0.15) is 29.3 Å². The topological polar surface area (TPSA) is 77.6 Å².